The number of pyridine rings is 1. The summed E-state index contributed by atoms with van der Waals surface area (Å²) in [5, 5.41) is 2.65. The molecule has 0 aliphatic carbocycles. The van der Waals surface area contributed by atoms with Crippen molar-refractivity contribution >= 4 is 29.4 Å². The van der Waals surface area contributed by atoms with E-state index < -0.39 is 48.7 Å². The molecule has 0 saturated carbocycles. The number of amides is 1. The minimum atomic E-state index is -1.12. The SMILES string of the molecule is COc1ccnc(C(=O)N[C@@H](C)C(=O)O[C@@H](C)[C@H](Oc2cc(F)cc(Cl)c2)c2ccccc2)c1OCOC(C)=O. The van der Waals surface area contributed by atoms with E-state index in [9.17, 15) is 18.8 Å². The summed E-state index contributed by atoms with van der Waals surface area (Å²) in [6, 6.07) is 13.0. The molecule has 0 aliphatic rings. The van der Waals surface area contributed by atoms with Crippen LogP contribution in [0.4, 0.5) is 4.39 Å². The van der Waals surface area contributed by atoms with Crippen molar-refractivity contribution in [1.29, 1.82) is 0 Å². The van der Waals surface area contributed by atoms with Crippen LogP contribution in [0.25, 0.3) is 0 Å². The van der Waals surface area contributed by atoms with Gasteiger partial charge in [0.1, 0.15) is 23.7 Å². The second-order valence-corrected chi connectivity index (χ2v) is 8.92. The topological polar surface area (TPSA) is 122 Å². The quantitative estimate of drug-likeness (QED) is 0.243. The molecule has 0 bridgehead atoms. The smallest absolute Gasteiger partial charge is 0.328 e. The Morgan fingerprint density at radius 1 is 1.07 bits per heavy atom. The summed E-state index contributed by atoms with van der Waals surface area (Å²) < 4.78 is 40.9. The largest absolute Gasteiger partial charge is 0.493 e. The highest BCUT2D eigenvalue weighted by Crippen LogP contribution is 2.31. The molecule has 40 heavy (non-hydrogen) atoms. The molecule has 0 aliphatic heterocycles. The van der Waals surface area contributed by atoms with Crippen LogP contribution < -0.4 is 19.5 Å². The maximum Gasteiger partial charge on any atom is 0.328 e. The third-order valence-corrected chi connectivity index (χ3v) is 5.64. The van der Waals surface area contributed by atoms with Crippen molar-refractivity contribution in [3.8, 4) is 17.2 Å². The number of esters is 2. The number of carbonyl (C=O) groups excluding carboxylic acids is 3. The summed E-state index contributed by atoms with van der Waals surface area (Å²) in [5.41, 5.74) is 0.461. The Morgan fingerprint density at radius 2 is 1.80 bits per heavy atom. The Hall–Kier alpha value is -4.38. The van der Waals surface area contributed by atoms with Crippen LogP contribution in [0.1, 0.15) is 42.9 Å². The molecule has 1 aromatic heterocycles. The summed E-state index contributed by atoms with van der Waals surface area (Å²) in [5.74, 6) is -2.48. The monoisotopic (exact) mass is 574 g/mol. The van der Waals surface area contributed by atoms with Crippen LogP contribution in [0.3, 0.4) is 0 Å². The molecule has 0 fully saturated rings. The van der Waals surface area contributed by atoms with Crippen molar-refractivity contribution < 1.29 is 42.5 Å². The standard InChI is InChI=1S/C28H28ClFN2O8/c1-16(32-27(34)24-26(38-15-37-18(3)33)23(36-4)10-11-31-24)28(35)39-17(2)25(19-8-6-5-7-9-19)40-22-13-20(29)12-21(30)14-22/h5-14,16-17,25H,15H2,1-4H3,(H,32,34)/t16-,17-,25-/m0/s1. The molecule has 0 radical (unpaired) electrons. The number of nitrogens with one attached hydrogen (secondary N) is 1. The fourth-order valence-electron chi connectivity index (χ4n) is 3.56. The minimum absolute atomic E-state index is 0.0796. The highest BCUT2D eigenvalue weighted by Gasteiger charge is 2.29. The van der Waals surface area contributed by atoms with Gasteiger partial charge in [-0.3, -0.25) is 9.59 Å². The molecule has 12 heteroatoms. The molecule has 3 rings (SSSR count). The van der Waals surface area contributed by atoms with Gasteiger partial charge in [0.15, 0.2) is 23.3 Å². The van der Waals surface area contributed by atoms with Crippen molar-refractivity contribution in [3.05, 3.63) is 82.9 Å². The fraction of sp³-hybridized carbons (Fsp3) is 0.286. The molecule has 1 amide bonds. The molecule has 0 unspecified atom stereocenters. The summed E-state index contributed by atoms with van der Waals surface area (Å²) in [4.78, 5) is 41.0. The van der Waals surface area contributed by atoms with E-state index in [0.717, 1.165) is 6.07 Å². The van der Waals surface area contributed by atoms with Crippen LogP contribution in [0.5, 0.6) is 17.2 Å². The number of nitrogens with zero attached hydrogens (tertiary/aromatic N) is 1. The van der Waals surface area contributed by atoms with Crippen LogP contribution >= 0.6 is 11.6 Å². The third-order valence-electron chi connectivity index (χ3n) is 5.43. The number of methoxy groups -OCH3 is 1. The lowest BCUT2D eigenvalue weighted by Gasteiger charge is -2.27. The van der Waals surface area contributed by atoms with Gasteiger partial charge in [0.25, 0.3) is 5.91 Å². The number of ether oxygens (including phenoxy) is 5. The molecule has 1 N–H and O–H groups in total. The molecule has 212 valence electrons. The lowest BCUT2D eigenvalue weighted by atomic mass is 10.0. The van der Waals surface area contributed by atoms with E-state index in [2.05, 4.69) is 10.3 Å². The van der Waals surface area contributed by atoms with Crippen molar-refractivity contribution in [2.45, 2.75) is 39.0 Å². The van der Waals surface area contributed by atoms with E-state index in [1.54, 1.807) is 31.2 Å². The maximum atomic E-state index is 13.9. The second-order valence-electron chi connectivity index (χ2n) is 8.48. The van der Waals surface area contributed by atoms with Crippen LogP contribution in [-0.2, 0) is 19.1 Å². The Balaban J connectivity index is 1.73. The molecule has 10 nitrogen and oxygen atoms in total. The first kappa shape index (κ1) is 30.2. The van der Waals surface area contributed by atoms with Crippen LogP contribution in [-0.4, -0.2) is 48.9 Å². The van der Waals surface area contributed by atoms with E-state index in [0.29, 0.717) is 5.56 Å². The Kier molecular flexibility index (Phi) is 10.7. The summed E-state index contributed by atoms with van der Waals surface area (Å²) in [6.45, 7) is 3.75. The van der Waals surface area contributed by atoms with E-state index >= 15 is 0 Å². The average molecular weight is 575 g/mol. The minimum Gasteiger partial charge on any atom is -0.493 e. The van der Waals surface area contributed by atoms with Gasteiger partial charge in [-0.05, 0) is 31.5 Å². The van der Waals surface area contributed by atoms with E-state index in [1.807, 2.05) is 6.07 Å². The summed E-state index contributed by atoms with van der Waals surface area (Å²) in [7, 11) is 1.36. The Labute approximate surface area is 235 Å². The lowest BCUT2D eigenvalue weighted by molar-refractivity contribution is -0.155. The lowest BCUT2D eigenvalue weighted by Crippen LogP contribution is -2.42. The first-order valence-corrected chi connectivity index (χ1v) is 12.4. The molecular formula is C28H28ClFN2O8. The highest BCUT2D eigenvalue weighted by molar-refractivity contribution is 6.30. The predicted molar refractivity (Wildman–Crippen MR) is 142 cm³/mol. The van der Waals surface area contributed by atoms with E-state index in [4.69, 9.17) is 35.3 Å². The van der Waals surface area contributed by atoms with E-state index in [1.165, 1.54) is 45.4 Å². The molecule has 3 atom stereocenters. The Morgan fingerprint density at radius 3 is 2.45 bits per heavy atom. The van der Waals surface area contributed by atoms with Gasteiger partial charge >= 0.3 is 11.9 Å². The van der Waals surface area contributed by atoms with Crippen LogP contribution in [0.2, 0.25) is 5.02 Å². The van der Waals surface area contributed by atoms with Gasteiger partial charge < -0.3 is 29.0 Å². The number of hydrogen-bond acceptors (Lipinski definition) is 9. The maximum absolute atomic E-state index is 13.9. The number of carbonyl (C=O) groups is 3. The van der Waals surface area contributed by atoms with Gasteiger partial charge in [-0.15, -0.1) is 0 Å². The summed E-state index contributed by atoms with van der Waals surface area (Å²) >= 11 is 5.97. The average Bonchev–Trinajstić information content (AvgIpc) is 2.91. The predicted octanol–water partition coefficient (Wildman–Crippen LogP) is 4.65. The first-order chi connectivity index (χ1) is 19.1. The first-order valence-electron chi connectivity index (χ1n) is 12.1. The van der Waals surface area contributed by atoms with Crippen molar-refractivity contribution in [2.24, 2.45) is 0 Å². The van der Waals surface area contributed by atoms with Crippen molar-refractivity contribution in [2.75, 3.05) is 13.9 Å². The Bertz CT molecular complexity index is 1320. The van der Waals surface area contributed by atoms with E-state index in [-0.39, 0.29) is 28.0 Å². The molecule has 2 aromatic carbocycles. The van der Waals surface area contributed by atoms with Gasteiger partial charge in [-0.1, -0.05) is 41.9 Å². The highest BCUT2D eigenvalue weighted by atomic mass is 35.5. The number of hydrogen-bond donors (Lipinski definition) is 1. The van der Waals surface area contributed by atoms with Crippen LogP contribution in [0.15, 0.2) is 60.8 Å². The number of benzene rings is 2. The second kappa shape index (κ2) is 14.1. The van der Waals surface area contributed by atoms with Crippen molar-refractivity contribution in [3.63, 3.8) is 0 Å². The van der Waals surface area contributed by atoms with Gasteiger partial charge in [0.2, 0.25) is 6.79 Å². The summed E-state index contributed by atoms with van der Waals surface area (Å²) in [6.07, 6.45) is -0.376. The zero-order valence-corrected chi connectivity index (χ0v) is 22.9. The molecule has 0 spiro atoms. The number of halogens is 2. The number of rotatable bonds is 12. The van der Waals surface area contributed by atoms with Gasteiger partial charge in [-0.2, -0.15) is 0 Å². The molecule has 1 heterocycles. The van der Waals surface area contributed by atoms with Crippen molar-refractivity contribution in [1.82, 2.24) is 10.3 Å². The fourth-order valence-corrected chi connectivity index (χ4v) is 3.77. The molecule has 0 saturated heterocycles. The molecular weight excluding hydrogens is 547 g/mol. The zero-order chi connectivity index (χ0) is 29.2. The van der Waals surface area contributed by atoms with Gasteiger partial charge in [0, 0.05) is 30.3 Å². The van der Waals surface area contributed by atoms with Crippen LogP contribution in [0, 0.1) is 5.82 Å². The normalized spacial score (nSPS) is 12.8. The van der Waals surface area contributed by atoms with Gasteiger partial charge in [-0.25, -0.2) is 14.2 Å². The van der Waals surface area contributed by atoms with Gasteiger partial charge in [0.05, 0.1) is 7.11 Å². The zero-order valence-electron chi connectivity index (χ0n) is 22.2. The number of aromatic nitrogens is 1. The molecule has 3 aromatic rings. The third kappa shape index (κ3) is 8.31.